The van der Waals surface area contributed by atoms with E-state index in [1.54, 1.807) is 24.4 Å². The van der Waals surface area contributed by atoms with E-state index in [4.69, 9.17) is 21.4 Å². The van der Waals surface area contributed by atoms with Crippen LogP contribution in [0.2, 0.25) is 5.02 Å². The first-order valence-electron chi connectivity index (χ1n) is 11.1. The quantitative estimate of drug-likeness (QED) is 0.457. The molecule has 2 saturated heterocycles. The number of carboxylic acids is 1. The number of nitrogens with zero attached hydrogens (tertiary/aromatic N) is 7. The van der Waals surface area contributed by atoms with Gasteiger partial charge >= 0.3 is 12.1 Å². The zero-order valence-electron chi connectivity index (χ0n) is 18.7. The van der Waals surface area contributed by atoms with Gasteiger partial charge in [0.05, 0.1) is 34.8 Å². The fourth-order valence-electron chi connectivity index (χ4n) is 4.50. The number of fused-ring (bicyclic) bond motifs is 1. The lowest BCUT2D eigenvalue weighted by Crippen LogP contribution is -2.28. The Hall–Kier alpha value is -3.13. The number of alkyl halides is 3. The summed E-state index contributed by atoms with van der Waals surface area (Å²) in [6.07, 6.45) is -3.61. The lowest BCUT2D eigenvalue weighted by molar-refractivity contribution is -0.140. The number of halogens is 4. The molecule has 1 aromatic carbocycles. The molecule has 2 aromatic heterocycles. The molecule has 0 radical (unpaired) electrons. The molecule has 2 unspecified atom stereocenters. The van der Waals surface area contributed by atoms with E-state index in [1.807, 2.05) is 0 Å². The second kappa shape index (κ2) is 9.73. The molecule has 0 bridgehead atoms. The van der Waals surface area contributed by atoms with Gasteiger partial charge < -0.3 is 19.6 Å². The van der Waals surface area contributed by atoms with Crippen molar-refractivity contribution in [2.75, 3.05) is 42.6 Å². The minimum atomic E-state index is -4.26. The summed E-state index contributed by atoms with van der Waals surface area (Å²) in [7, 11) is 0. The zero-order valence-corrected chi connectivity index (χ0v) is 20.3. The van der Waals surface area contributed by atoms with Gasteiger partial charge in [-0.1, -0.05) is 22.9 Å². The number of anilines is 2. The number of rotatable bonds is 8. The molecule has 10 nitrogen and oxygen atoms in total. The molecule has 15 heteroatoms. The predicted molar refractivity (Wildman–Crippen MR) is 126 cm³/mol. The van der Waals surface area contributed by atoms with Gasteiger partial charge in [0.2, 0.25) is 5.82 Å². The molecule has 2 atom stereocenters. The van der Waals surface area contributed by atoms with E-state index >= 15 is 0 Å². The number of benzene rings is 1. The molecule has 36 heavy (non-hydrogen) atoms. The minimum Gasteiger partial charge on any atom is -0.493 e. The summed E-state index contributed by atoms with van der Waals surface area (Å²) < 4.78 is 42.6. The number of ether oxygens (including phenoxy) is 1. The van der Waals surface area contributed by atoms with Gasteiger partial charge in [-0.25, -0.2) is 4.98 Å². The summed E-state index contributed by atoms with van der Waals surface area (Å²) >= 11 is 7.83. The van der Waals surface area contributed by atoms with Crippen LogP contribution in [0.4, 0.5) is 24.0 Å². The fourth-order valence-corrected chi connectivity index (χ4v) is 5.60. The van der Waals surface area contributed by atoms with Crippen molar-refractivity contribution in [2.24, 2.45) is 11.8 Å². The SMILES string of the molecule is O=C(O)Cn1nnc(-c2cnc(N3CC4CN(c5cc(OCCC(F)(F)F)ccc5Cl)CC4C3)s2)n1. The van der Waals surface area contributed by atoms with Crippen molar-refractivity contribution in [1.29, 1.82) is 0 Å². The van der Waals surface area contributed by atoms with Gasteiger partial charge in [0, 0.05) is 44.1 Å². The number of hydrogen-bond donors (Lipinski definition) is 1. The smallest absolute Gasteiger partial charge is 0.392 e. The molecule has 0 amide bonds. The third-order valence-corrected chi connectivity index (χ3v) is 7.49. The number of tetrazole rings is 1. The van der Waals surface area contributed by atoms with Crippen LogP contribution in [0.1, 0.15) is 6.42 Å². The lowest BCUT2D eigenvalue weighted by Gasteiger charge is -2.24. The molecule has 2 aliphatic heterocycles. The number of aromatic nitrogens is 5. The monoisotopic (exact) mass is 543 g/mol. The van der Waals surface area contributed by atoms with Gasteiger partial charge in [0.25, 0.3) is 0 Å². The summed E-state index contributed by atoms with van der Waals surface area (Å²) in [6.45, 7) is 2.31. The second-order valence-corrected chi connectivity index (χ2v) is 10.1. The van der Waals surface area contributed by atoms with Crippen LogP contribution in [0.25, 0.3) is 10.7 Å². The van der Waals surface area contributed by atoms with Crippen molar-refractivity contribution in [2.45, 2.75) is 19.1 Å². The second-order valence-electron chi connectivity index (χ2n) is 8.70. The summed E-state index contributed by atoms with van der Waals surface area (Å²) in [4.78, 5) is 21.4. The van der Waals surface area contributed by atoms with Crippen LogP contribution in [0.3, 0.4) is 0 Å². The Kier molecular flexibility index (Phi) is 6.64. The van der Waals surface area contributed by atoms with E-state index in [1.165, 1.54) is 11.3 Å². The molecule has 2 aliphatic rings. The molecule has 192 valence electrons. The van der Waals surface area contributed by atoms with Gasteiger partial charge in [-0.15, -0.1) is 10.2 Å². The first-order valence-corrected chi connectivity index (χ1v) is 12.3. The predicted octanol–water partition coefficient (Wildman–Crippen LogP) is 3.44. The van der Waals surface area contributed by atoms with Gasteiger partial charge in [-0.2, -0.15) is 18.0 Å². The topological polar surface area (TPSA) is 109 Å². The van der Waals surface area contributed by atoms with Crippen LogP contribution in [0.5, 0.6) is 5.75 Å². The highest BCUT2D eigenvalue weighted by Gasteiger charge is 2.41. The molecule has 1 N–H and O–H groups in total. The van der Waals surface area contributed by atoms with Crippen molar-refractivity contribution in [3.63, 3.8) is 0 Å². The number of thiazole rings is 1. The molecular formula is C21H21ClF3N7O3S. The third kappa shape index (κ3) is 5.48. The van der Waals surface area contributed by atoms with Gasteiger partial charge in [-0.3, -0.25) is 4.79 Å². The summed E-state index contributed by atoms with van der Waals surface area (Å²) in [6, 6.07) is 4.93. The highest BCUT2D eigenvalue weighted by Crippen LogP contribution is 2.41. The van der Waals surface area contributed by atoms with E-state index in [0.29, 0.717) is 33.3 Å². The van der Waals surface area contributed by atoms with E-state index in [9.17, 15) is 18.0 Å². The normalized spacial score (nSPS) is 19.7. The van der Waals surface area contributed by atoms with Gasteiger partial charge in [0.15, 0.2) is 11.7 Å². The highest BCUT2D eigenvalue weighted by molar-refractivity contribution is 7.18. The largest absolute Gasteiger partial charge is 0.493 e. The first kappa shape index (κ1) is 24.6. The first-order chi connectivity index (χ1) is 17.1. The van der Waals surface area contributed by atoms with Crippen molar-refractivity contribution < 1.29 is 27.8 Å². The number of carboxylic acid groups (broad SMARTS) is 1. The molecular weight excluding hydrogens is 523 g/mol. The van der Waals surface area contributed by atoms with Crippen LogP contribution in [-0.2, 0) is 11.3 Å². The van der Waals surface area contributed by atoms with Crippen LogP contribution >= 0.6 is 22.9 Å². The van der Waals surface area contributed by atoms with Crippen LogP contribution in [0.15, 0.2) is 24.4 Å². The van der Waals surface area contributed by atoms with Gasteiger partial charge in [0.1, 0.15) is 5.75 Å². The molecule has 0 aliphatic carbocycles. The van der Waals surface area contributed by atoms with E-state index in [0.717, 1.165) is 41.8 Å². The fraction of sp³-hybridized carbons (Fsp3) is 0.476. The molecule has 0 spiro atoms. The Labute approximate surface area is 212 Å². The molecule has 0 saturated carbocycles. The maximum Gasteiger partial charge on any atom is 0.392 e. The van der Waals surface area contributed by atoms with Crippen LogP contribution < -0.4 is 14.5 Å². The maximum atomic E-state index is 12.4. The van der Waals surface area contributed by atoms with Crippen LogP contribution in [-0.4, -0.2) is 75.2 Å². The zero-order chi connectivity index (χ0) is 25.4. The summed E-state index contributed by atoms with van der Waals surface area (Å²) in [5, 5.41) is 22.0. The Morgan fingerprint density at radius 1 is 1.19 bits per heavy atom. The van der Waals surface area contributed by atoms with E-state index in [-0.39, 0.29) is 6.54 Å². The maximum absolute atomic E-state index is 12.4. The van der Waals surface area contributed by atoms with Crippen LogP contribution in [0, 0.1) is 11.8 Å². The number of hydrogen-bond acceptors (Lipinski definition) is 9. The highest BCUT2D eigenvalue weighted by atomic mass is 35.5. The molecule has 5 rings (SSSR count). The van der Waals surface area contributed by atoms with Crippen molar-refractivity contribution >= 4 is 39.7 Å². The summed E-state index contributed by atoms with van der Waals surface area (Å²) in [5.41, 5.74) is 0.759. The number of carbonyl (C=O) groups is 1. The minimum absolute atomic E-state index is 0.331. The average Bonchev–Trinajstić information content (AvgIpc) is 3.56. The third-order valence-electron chi connectivity index (χ3n) is 6.11. The Bertz CT molecular complexity index is 1240. The summed E-state index contributed by atoms with van der Waals surface area (Å²) in [5.74, 6) is 0.387. The molecule has 4 heterocycles. The Balaban J connectivity index is 1.20. The molecule has 3 aromatic rings. The van der Waals surface area contributed by atoms with Crippen molar-refractivity contribution in [1.82, 2.24) is 25.2 Å². The van der Waals surface area contributed by atoms with Crippen molar-refractivity contribution in [3.05, 3.63) is 29.4 Å². The van der Waals surface area contributed by atoms with E-state index < -0.39 is 25.2 Å². The van der Waals surface area contributed by atoms with Gasteiger partial charge in [-0.05, 0) is 17.3 Å². The number of aliphatic carboxylic acids is 1. The standard InChI is InChI=1S/C21H21ClF3N7O3S/c22-15-2-1-14(35-4-3-21(23,24)25)5-16(15)30-7-12-9-31(10-13(12)8-30)20-26-6-17(36-20)19-27-29-32(28-19)11-18(33)34/h1-2,5-6,12-13H,3-4,7-11H2,(H,33,34). The van der Waals surface area contributed by atoms with E-state index in [2.05, 4.69) is 30.2 Å². The van der Waals surface area contributed by atoms with Crippen molar-refractivity contribution in [3.8, 4) is 16.5 Å². The molecule has 2 fully saturated rings. The Morgan fingerprint density at radius 2 is 1.92 bits per heavy atom. The Morgan fingerprint density at radius 3 is 2.61 bits per heavy atom. The lowest BCUT2D eigenvalue weighted by atomic mass is 10.0. The average molecular weight is 544 g/mol.